The van der Waals surface area contributed by atoms with E-state index in [4.69, 9.17) is 5.26 Å². The van der Waals surface area contributed by atoms with Crippen LogP contribution in [0.3, 0.4) is 0 Å². The van der Waals surface area contributed by atoms with Gasteiger partial charge in [0.25, 0.3) is 0 Å². The third kappa shape index (κ3) is 4.51. The molecule has 2 aromatic carbocycles. The van der Waals surface area contributed by atoms with Gasteiger partial charge in [-0.3, -0.25) is 4.90 Å². The number of nitrogens with zero attached hydrogens (tertiary/aromatic N) is 5. The standard InChI is InChI=1S/C20H20N6O2S/c21-13-17-2-1-3-20(12-17)29(27,28)23-18-8-10-25(15-18)14-16-4-6-19(7-5-16)26-11-9-22-24-26/h1-7,9,11-12,18,23H,8,10,14-15H2/t18-/m1/s1. The first-order valence-corrected chi connectivity index (χ1v) is 10.7. The van der Waals surface area contributed by atoms with Crippen LogP contribution in [0.4, 0.5) is 0 Å². The number of hydrogen-bond donors (Lipinski definition) is 1. The summed E-state index contributed by atoms with van der Waals surface area (Å²) in [6.45, 7) is 2.21. The van der Waals surface area contributed by atoms with Crippen molar-refractivity contribution < 1.29 is 8.42 Å². The molecule has 0 spiro atoms. The minimum Gasteiger partial charge on any atom is -0.297 e. The molecule has 1 N–H and O–H groups in total. The Morgan fingerprint density at radius 2 is 2.03 bits per heavy atom. The Bertz CT molecular complexity index is 1120. The summed E-state index contributed by atoms with van der Waals surface area (Å²) in [5.41, 5.74) is 2.42. The summed E-state index contributed by atoms with van der Waals surface area (Å²) in [4.78, 5) is 2.35. The van der Waals surface area contributed by atoms with Crippen molar-refractivity contribution in [3.63, 3.8) is 0 Å². The van der Waals surface area contributed by atoms with Gasteiger partial charge in [0.05, 0.1) is 34.6 Å². The summed E-state index contributed by atoms with van der Waals surface area (Å²) in [7, 11) is -3.65. The van der Waals surface area contributed by atoms with Gasteiger partial charge in [0.1, 0.15) is 0 Å². The number of sulfonamides is 1. The molecule has 0 unspecified atom stereocenters. The van der Waals surface area contributed by atoms with Gasteiger partial charge in [-0.15, -0.1) is 5.10 Å². The van der Waals surface area contributed by atoms with Gasteiger partial charge < -0.3 is 0 Å². The smallest absolute Gasteiger partial charge is 0.240 e. The molecule has 1 aliphatic rings. The second-order valence-electron chi connectivity index (χ2n) is 7.00. The van der Waals surface area contributed by atoms with E-state index in [1.165, 1.54) is 12.1 Å². The third-order valence-corrected chi connectivity index (χ3v) is 6.42. The molecular weight excluding hydrogens is 388 g/mol. The number of rotatable bonds is 6. The van der Waals surface area contributed by atoms with Crippen LogP contribution >= 0.6 is 0 Å². The van der Waals surface area contributed by atoms with Gasteiger partial charge in [0.2, 0.25) is 10.0 Å². The molecule has 1 aromatic heterocycles. The Kier molecular flexibility index (Phi) is 5.40. The number of aromatic nitrogens is 3. The summed E-state index contributed by atoms with van der Waals surface area (Å²) in [6, 6.07) is 16.0. The molecular formula is C20H20N6O2S. The Balaban J connectivity index is 1.36. The summed E-state index contributed by atoms with van der Waals surface area (Å²) < 4.78 is 29.7. The lowest BCUT2D eigenvalue weighted by molar-refractivity contribution is 0.324. The van der Waals surface area contributed by atoms with Crippen LogP contribution in [0.15, 0.2) is 65.8 Å². The molecule has 0 amide bonds. The van der Waals surface area contributed by atoms with Crippen LogP contribution in [0.2, 0.25) is 0 Å². The number of benzene rings is 2. The quantitative estimate of drug-likeness (QED) is 0.666. The molecule has 1 fully saturated rings. The van der Waals surface area contributed by atoms with E-state index in [9.17, 15) is 8.42 Å². The Morgan fingerprint density at radius 1 is 1.21 bits per heavy atom. The molecule has 148 valence electrons. The second kappa shape index (κ2) is 8.13. The SMILES string of the molecule is N#Cc1cccc(S(=O)(=O)N[C@@H]2CCN(Cc3ccc(-n4ccnn4)cc3)C2)c1. The predicted molar refractivity (Wildman–Crippen MR) is 107 cm³/mol. The third-order valence-electron chi connectivity index (χ3n) is 4.90. The summed E-state index contributed by atoms with van der Waals surface area (Å²) >= 11 is 0. The van der Waals surface area contributed by atoms with Gasteiger partial charge >= 0.3 is 0 Å². The van der Waals surface area contributed by atoms with Crippen LogP contribution in [0.25, 0.3) is 5.69 Å². The van der Waals surface area contributed by atoms with Crippen LogP contribution in [0, 0.1) is 11.3 Å². The van der Waals surface area contributed by atoms with Crippen molar-refractivity contribution in [2.45, 2.75) is 23.9 Å². The highest BCUT2D eigenvalue weighted by Gasteiger charge is 2.27. The van der Waals surface area contributed by atoms with E-state index in [0.717, 1.165) is 30.8 Å². The minimum absolute atomic E-state index is 0.124. The van der Waals surface area contributed by atoms with Crippen molar-refractivity contribution in [3.8, 4) is 11.8 Å². The number of likely N-dealkylation sites (tertiary alicyclic amines) is 1. The lowest BCUT2D eigenvalue weighted by Crippen LogP contribution is -2.37. The summed E-state index contributed by atoms with van der Waals surface area (Å²) in [5, 5.41) is 16.8. The molecule has 29 heavy (non-hydrogen) atoms. The monoisotopic (exact) mass is 408 g/mol. The molecule has 0 radical (unpaired) electrons. The number of nitrogens with one attached hydrogen (secondary N) is 1. The zero-order chi connectivity index (χ0) is 20.3. The molecule has 4 rings (SSSR count). The highest BCUT2D eigenvalue weighted by atomic mass is 32.2. The molecule has 1 aliphatic heterocycles. The topological polar surface area (TPSA) is 104 Å². The maximum Gasteiger partial charge on any atom is 0.240 e. The van der Waals surface area contributed by atoms with E-state index in [2.05, 4.69) is 19.9 Å². The van der Waals surface area contributed by atoms with Gasteiger partial charge in [0.15, 0.2) is 0 Å². The first-order chi connectivity index (χ1) is 14.0. The van der Waals surface area contributed by atoms with Gasteiger partial charge in [-0.05, 0) is 42.3 Å². The number of nitriles is 1. The van der Waals surface area contributed by atoms with Gasteiger partial charge in [-0.25, -0.2) is 17.8 Å². The zero-order valence-corrected chi connectivity index (χ0v) is 16.5. The fourth-order valence-electron chi connectivity index (χ4n) is 3.45. The summed E-state index contributed by atoms with van der Waals surface area (Å²) in [6.07, 6.45) is 4.17. The lowest BCUT2D eigenvalue weighted by Gasteiger charge is -2.17. The second-order valence-corrected chi connectivity index (χ2v) is 8.71. The fraction of sp³-hybridized carbons (Fsp3) is 0.250. The van der Waals surface area contributed by atoms with Crippen molar-refractivity contribution in [1.82, 2.24) is 24.6 Å². The maximum absolute atomic E-state index is 12.6. The van der Waals surface area contributed by atoms with E-state index in [0.29, 0.717) is 12.1 Å². The van der Waals surface area contributed by atoms with E-state index in [-0.39, 0.29) is 10.9 Å². The van der Waals surface area contributed by atoms with Crippen LogP contribution in [0.5, 0.6) is 0 Å². The van der Waals surface area contributed by atoms with Crippen LogP contribution in [-0.2, 0) is 16.6 Å². The van der Waals surface area contributed by atoms with Crippen LogP contribution in [-0.4, -0.2) is 47.4 Å². The predicted octanol–water partition coefficient (Wildman–Crippen LogP) is 1.69. The average molecular weight is 408 g/mol. The van der Waals surface area contributed by atoms with Crippen LogP contribution in [0.1, 0.15) is 17.5 Å². The van der Waals surface area contributed by atoms with Gasteiger partial charge in [-0.1, -0.05) is 23.4 Å². The van der Waals surface area contributed by atoms with Crippen LogP contribution < -0.4 is 4.72 Å². The summed E-state index contributed by atoms with van der Waals surface area (Å²) in [5.74, 6) is 0. The normalized spacial score (nSPS) is 17.3. The van der Waals surface area contributed by atoms with Crippen molar-refractivity contribution in [2.24, 2.45) is 0 Å². The molecule has 0 bridgehead atoms. The highest BCUT2D eigenvalue weighted by molar-refractivity contribution is 7.89. The molecule has 1 saturated heterocycles. The minimum atomic E-state index is -3.65. The van der Waals surface area contributed by atoms with Gasteiger partial charge in [0, 0.05) is 25.7 Å². The molecule has 9 heteroatoms. The first-order valence-electron chi connectivity index (χ1n) is 9.24. The Morgan fingerprint density at radius 3 is 2.76 bits per heavy atom. The Labute approximate surface area is 169 Å². The zero-order valence-electron chi connectivity index (χ0n) is 15.6. The van der Waals surface area contributed by atoms with Crippen molar-refractivity contribution in [1.29, 1.82) is 5.26 Å². The molecule has 1 atom stereocenters. The molecule has 8 nitrogen and oxygen atoms in total. The largest absolute Gasteiger partial charge is 0.297 e. The Hall–Kier alpha value is -3.06. The van der Waals surface area contributed by atoms with E-state index in [1.807, 2.05) is 30.3 Å². The van der Waals surface area contributed by atoms with Gasteiger partial charge in [-0.2, -0.15) is 5.26 Å². The van der Waals surface area contributed by atoms with Crippen molar-refractivity contribution >= 4 is 10.0 Å². The maximum atomic E-state index is 12.6. The molecule has 0 aliphatic carbocycles. The van der Waals surface area contributed by atoms with Crippen molar-refractivity contribution in [3.05, 3.63) is 72.1 Å². The van der Waals surface area contributed by atoms with E-state index < -0.39 is 10.0 Å². The van der Waals surface area contributed by atoms with E-state index in [1.54, 1.807) is 29.2 Å². The van der Waals surface area contributed by atoms with E-state index >= 15 is 0 Å². The highest BCUT2D eigenvalue weighted by Crippen LogP contribution is 2.18. The molecule has 2 heterocycles. The molecule has 3 aromatic rings. The molecule has 0 saturated carbocycles. The average Bonchev–Trinajstić information content (AvgIpc) is 3.41. The lowest BCUT2D eigenvalue weighted by atomic mass is 10.2. The fourth-order valence-corrected chi connectivity index (χ4v) is 4.76. The van der Waals surface area contributed by atoms with Crippen molar-refractivity contribution in [2.75, 3.05) is 13.1 Å². The number of hydrogen-bond acceptors (Lipinski definition) is 6. The first kappa shape index (κ1) is 19.3.